The number of carbonyl (C=O) groups is 1. The largest absolute Gasteiger partial charge is 0.356 e. The van der Waals surface area contributed by atoms with Crippen LogP contribution >= 0.6 is 0 Å². The van der Waals surface area contributed by atoms with Crippen LogP contribution in [-0.4, -0.2) is 48.1 Å². The third-order valence-electron chi connectivity index (χ3n) is 6.43. The van der Waals surface area contributed by atoms with Crippen molar-refractivity contribution in [3.05, 3.63) is 23.9 Å². The van der Waals surface area contributed by atoms with Crippen LogP contribution < -0.4 is 10.2 Å². The molecule has 3 aliphatic rings. The Morgan fingerprint density at radius 3 is 2.52 bits per heavy atom. The van der Waals surface area contributed by atoms with E-state index in [2.05, 4.69) is 35.1 Å². The maximum atomic E-state index is 12.5. The molecule has 6 heteroatoms. The van der Waals surface area contributed by atoms with Crippen LogP contribution in [0.15, 0.2) is 18.3 Å². The maximum absolute atomic E-state index is 12.5. The van der Waals surface area contributed by atoms with Gasteiger partial charge in [0, 0.05) is 38.4 Å². The van der Waals surface area contributed by atoms with Crippen molar-refractivity contribution in [2.75, 3.05) is 31.1 Å². The highest BCUT2D eigenvalue weighted by Gasteiger charge is 2.62. The fourth-order valence-corrected chi connectivity index (χ4v) is 4.46. The number of hydrogen-bond donors (Lipinski definition) is 1. The Kier molecular flexibility index (Phi) is 3.82. The standard InChI is InChI=1S/C19H25N5O/c1-19(2)15-11-24(12-16(15)19)18(25)22-14-5-7-23(8-6-14)17-4-3-13(9-20)10-21-17/h3-4,10,14-16H,5-8,11-12H2,1-2H3,(H,22,25)/t15-,16-/m1/s1. The second-order valence-corrected chi connectivity index (χ2v) is 8.17. The van der Waals surface area contributed by atoms with Gasteiger partial charge in [-0.05, 0) is 42.2 Å². The molecule has 2 aliphatic heterocycles. The first-order valence-electron chi connectivity index (χ1n) is 9.15. The van der Waals surface area contributed by atoms with E-state index in [-0.39, 0.29) is 12.1 Å². The molecule has 6 nitrogen and oxygen atoms in total. The van der Waals surface area contributed by atoms with Crippen LogP contribution in [0.5, 0.6) is 0 Å². The lowest BCUT2D eigenvalue weighted by atomic mass is 10.0. The summed E-state index contributed by atoms with van der Waals surface area (Å²) in [6.07, 6.45) is 3.47. The zero-order chi connectivity index (χ0) is 17.6. The van der Waals surface area contributed by atoms with Gasteiger partial charge < -0.3 is 15.1 Å². The van der Waals surface area contributed by atoms with E-state index in [1.165, 1.54) is 0 Å². The monoisotopic (exact) mass is 339 g/mol. The van der Waals surface area contributed by atoms with Gasteiger partial charge in [-0.15, -0.1) is 0 Å². The van der Waals surface area contributed by atoms with Crippen molar-refractivity contribution < 1.29 is 4.79 Å². The highest BCUT2D eigenvalue weighted by molar-refractivity contribution is 5.75. The number of carbonyl (C=O) groups excluding carboxylic acids is 1. The van der Waals surface area contributed by atoms with E-state index in [4.69, 9.17) is 5.26 Å². The Hall–Kier alpha value is -2.29. The lowest BCUT2D eigenvalue weighted by Crippen LogP contribution is -2.49. The van der Waals surface area contributed by atoms with E-state index >= 15 is 0 Å². The number of amides is 2. The van der Waals surface area contributed by atoms with Gasteiger partial charge in [-0.2, -0.15) is 5.26 Å². The van der Waals surface area contributed by atoms with E-state index < -0.39 is 0 Å². The van der Waals surface area contributed by atoms with Crippen LogP contribution in [0.2, 0.25) is 0 Å². The fourth-order valence-electron chi connectivity index (χ4n) is 4.46. The smallest absolute Gasteiger partial charge is 0.317 e. The molecule has 0 bridgehead atoms. The normalized spacial score (nSPS) is 27.6. The predicted molar refractivity (Wildman–Crippen MR) is 95.1 cm³/mol. The minimum atomic E-state index is 0.109. The maximum Gasteiger partial charge on any atom is 0.317 e. The summed E-state index contributed by atoms with van der Waals surface area (Å²) in [6, 6.07) is 6.14. The molecular formula is C19H25N5O. The molecular weight excluding hydrogens is 314 g/mol. The molecule has 1 aliphatic carbocycles. The van der Waals surface area contributed by atoms with Crippen molar-refractivity contribution in [3.63, 3.8) is 0 Å². The summed E-state index contributed by atoms with van der Waals surface area (Å²) >= 11 is 0. The molecule has 132 valence electrons. The van der Waals surface area contributed by atoms with Gasteiger partial charge in [0.25, 0.3) is 0 Å². The molecule has 2 atom stereocenters. The molecule has 0 radical (unpaired) electrons. The molecule has 3 fully saturated rings. The molecule has 3 heterocycles. The Morgan fingerprint density at radius 2 is 1.96 bits per heavy atom. The van der Waals surface area contributed by atoms with E-state index in [1.54, 1.807) is 12.3 Å². The third kappa shape index (κ3) is 2.92. The van der Waals surface area contributed by atoms with Crippen LogP contribution in [0, 0.1) is 28.6 Å². The third-order valence-corrected chi connectivity index (χ3v) is 6.43. The summed E-state index contributed by atoms with van der Waals surface area (Å²) in [7, 11) is 0. The molecule has 1 saturated carbocycles. The Balaban J connectivity index is 1.25. The van der Waals surface area contributed by atoms with Crippen LogP contribution in [0.4, 0.5) is 10.6 Å². The Labute approximate surface area is 148 Å². The van der Waals surface area contributed by atoms with Crippen LogP contribution in [0.3, 0.4) is 0 Å². The van der Waals surface area contributed by atoms with Gasteiger partial charge in [0.1, 0.15) is 11.9 Å². The van der Waals surface area contributed by atoms with Crippen molar-refractivity contribution in [1.82, 2.24) is 15.2 Å². The Morgan fingerprint density at radius 1 is 1.28 bits per heavy atom. The molecule has 1 N–H and O–H groups in total. The first-order valence-corrected chi connectivity index (χ1v) is 9.15. The van der Waals surface area contributed by atoms with Crippen molar-refractivity contribution in [2.45, 2.75) is 32.7 Å². The van der Waals surface area contributed by atoms with Crippen molar-refractivity contribution in [2.24, 2.45) is 17.3 Å². The van der Waals surface area contributed by atoms with Crippen LogP contribution in [-0.2, 0) is 0 Å². The van der Waals surface area contributed by atoms with Crippen LogP contribution in [0.1, 0.15) is 32.3 Å². The molecule has 1 aromatic rings. The van der Waals surface area contributed by atoms with Crippen molar-refractivity contribution in [1.29, 1.82) is 5.26 Å². The van der Waals surface area contributed by atoms with E-state index in [0.29, 0.717) is 22.8 Å². The number of aromatic nitrogens is 1. The number of nitrogens with one attached hydrogen (secondary N) is 1. The molecule has 1 aromatic heterocycles. The summed E-state index contributed by atoms with van der Waals surface area (Å²) in [5, 5.41) is 12.1. The number of anilines is 1. The summed E-state index contributed by atoms with van der Waals surface area (Å²) in [6.45, 7) is 8.20. The van der Waals surface area contributed by atoms with Gasteiger partial charge in [0.2, 0.25) is 0 Å². The number of nitrogens with zero attached hydrogens (tertiary/aromatic N) is 4. The van der Waals surface area contributed by atoms with Gasteiger partial charge in [0.05, 0.1) is 5.56 Å². The predicted octanol–water partition coefficient (Wildman–Crippen LogP) is 2.22. The second kappa shape index (κ2) is 5.91. The quantitative estimate of drug-likeness (QED) is 0.897. The van der Waals surface area contributed by atoms with Gasteiger partial charge in [-0.25, -0.2) is 9.78 Å². The minimum Gasteiger partial charge on any atom is -0.356 e. The van der Waals surface area contributed by atoms with Crippen molar-refractivity contribution >= 4 is 11.8 Å². The number of piperidine rings is 2. The summed E-state index contributed by atoms with van der Waals surface area (Å²) < 4.78 is 0. The topological polar surface area (TPSA) is 72.3 Å². The zero-order valence-electron chi connectivity index (χ0n) is 14.9. The highest BCUT2D eigenvalue weighted by Crippen LogP contribution is 2.61. The number of pyridine rings is 1. The fraction of sp³-hybridized carbons (Fsp3) is 0.632. The molecule has 0 aromatic carbocycles. The lowest BCUT2D eigenvalue weighted by molar-refractivity contribution is 0.190. The number of urea groups is 1. The zero-order valence-corrected chi connectivity index (χ0v) is 14.9. The number of hydrogen-bond acceptors (Lipinski definition) is 4. The van der Waals surface area contributed by atoms with Gasteiger partial charge >= 0.3 is 6.03 Å². The first kappa shape index (κ1) is 16.2. The van der Waals surface area contributed by atoms with Gasteiger partial charge in [0.15, 0.2) is 0 Å². The summed E-state index contributed by atoms with van der Waals surface area (Å²) in [5.41, 5.74) is 1.02. The summed E-state index contributed by atoms with van der Waals surface area (Å²) in [4.78, 5) is 21.0. The van der Waals surface area contributed by atoms with E-state index in [9.17, 15) is 4.79 Å². The van der Waals surface area contributed by atoms with Crippen LogP contribution in [0.25, 0.3) is 0 Å². The molecule has 25 heavy (non-hydrogen) atoms. The SMILES string of the molecule is CC1(C)[C@@H]2CN(C(=O)NC3CCN(c4ccc(C#N)cn4)CC3)C[C@H]21. The van der Waals surface area contributed by atoms with Gasteiger partial charge in [-0.1, -0.05) is 13.8 Å². The van der Waals surface area contributed by atoms with E-state index in [1.807, 2.05) is 11.0 Å². The minimum absolute atomic E-state index is 0.109. The molecule has 2 saturated heterocycles. The first-order chi connectivity index (χ1) is 12.0. The molecule has 4 rings (SSSR count). The average molecular weight is 339 g/mol. The second-order valence-electron chi connectivity index (χ2n) is 8.17. The summed E-state index contributed by atoms with van der Waals surface area (Å²) in [5.74, 6) is 2.30. The number of fused-ring (bicyclic) bond motifs is 1. The molecule has 0 spiro atoms. The Bertz CT molecular complexity index is 686. The highest BCUT2D eigenvalue weighted by atomic mass is 16.2. The molecule has 2 amide bonds. The molecule has 0 unspecified atom stereocenters. The average Bonchev–Trinajstić information content (AvgIpc) is 2.99. The lowest BCUT2D eigenvalue weighted by Gasteiger charge is -2.34. The number of likely N-dealkylation sites (tertiary alicyclic amines) is 1. The van der Waals surface area contributed by atoms with Crippen molar-refractivity contribution in [3.8, 4) is 6.07 Å². The number of nitriles is 1. The van der Waals surface area contributed by atoms with E-state index in [0.717, 1.165) is 44.8 Å². The number of rotatable bonds is 2. The van der Waals surface area contributed by atoms with Gasteiger partial charge in [-0.3, -0.25) is 0 Å².